The molecule has 0 saturated carbocycles. The minimum atomic E-state index is 0.0933. The van der Waals surface area contributed by atoms with E-state index in [-0.39, 0.29) is 5.54 Å². The van der Waals surface area contributed by atoms with Gasteiger partial charge in [0.15, 0.2) is 0 Å². The Hall–Kier alpha value is -1.81. The fraction of sp³-hybridized carbons (Fsp3) is 0.471. The SMILES string of the molecule is Cc1cccc(CNC(C)(C)C)c1OCCn1cccn1. The van der Waals surface area contributed by atoms with Gasteiger partial charge in [-0.2, -0.15) is 5.10 Å². The Morgan fingerprint density at radius 3 is 2.71 bits per heavy atom. The zero-order chi connectivity index (χ0) is 15.3. The Morgan fingerprint density at radius 2 is 2.05 bits per heavy atom. The number of aryl methyl sites for hydroxylation is 1. The molecule has 1 aromatic carbocycles. The van der Waals surface area contributed by atoms with Gasteiger partial charge < -0.3 is 10.1 Å². The summed E-state index contributed by atoms with van der Waals surface area (Å²) in [4.78, 5) is 0. The summed E-state index contributed by atoms with van der Waals surface area (Å²) in [6.45, 7) is 10.8. The van der Waals surface area contributed by atoms with Crippen molar-refractivity contribution in [2.75, 3.05) is 6.61 Å². The van der Waals surface area contributed by atoms with Crippen LogP contribution in [0.25, 0.3) is 0 Å². The molecule has 114 valence electrons. The number of aromatic nitrogens is 2. The molecule has 2 rings (SSSR count). The summed E-state index contributed by atoms with van der Waals surface area (Å²) in [6, 6.07) is 8.21. The fourth-order valence-corrected chi connectivity index (χ4v) is 2.09. The van der Waals surface area contributed by atoms with Crippen molar-refractivity contribution in [1.29, 1.82) is 0 Å². The summed E-state index contributed by atoms with van der Waals surface area (Å²) in [6.07, 6.45) is 3.73. The van der Waals surface area contributed by atoms with Crippen molar-refractivity contribution in [2.45, 2.75) is 46.3 Å². The summed E-state index contributed by atoms with van der Waals surface area (Å²) < 4.78 is 7.89. The summed E-state index contributed by atoms with van der Waals surface area (Å²) >= 11 is 0. The zero-order valence-electron chi connectivity index (χ0n) is 13.4. The smallest absolute Gasteiger partial charge is 0.126 e. The molecule has 0 saturated heterocycles. The van der Waals surface area contributed by atoms with Crippen molar-refractivity contribution >= 4 is 0 Å². The zero-order valence-corrected chi connectivity index (χ0v) is 13.4. The van der Waals surface area contributed by atoms with E-state index in [9.17, 15) is 0 Å². The molecule has 0 fully saturated rings. The highest BCUT2D eigenvalue weighted by molar-refractivity contribution is 5.40. The van der Waals surface area contributed by atoms with Gasteiger partial charge in [-0.15, -0.1) is 0 Å². The average molecular weight is 287 g/mol. The molecule has 0 bridgehead atoms. The summed E-state index contributed by atoms with van der Waals surface area (Å²) in [5.41, 5.74) is 2.46. The standard InChI is InChI=1S/C17H25N3O/c1-14-7-5-8-15(13-18-17(2,3)4)16(14)21-12-11-20-10-6-9-19-20/h5-10,18H,11-13H2,1-4H3. The van der Waals surface area contributed by atoms with Crippen LogP contribution in [0.1, 0.15) is 31.9 Å². The fourth-order valence-electron chi connectivity index (χ4n) is 2.09. The summed E-state index contributed by atoms with van der Waals surface area (Å²) in [5, 5.41) is 7.70. The van der Waals surface area contributed by atoms with Crippen LogP contribution >= 0.6 is 0 Å². The maximum Gasteiger partial charge on any atom is 0.126 e. The highest BCUT2D eigenvalue weighted by Gasteiger charge is 2.12. The van der Waals surface area contributed by atoms with Crippen LogP contribution in [0.3, 0.4) is 0 Å². The first-order chi connectivity index (χ1) is 9.96. The topological polar surface area (TPSA) is 39.1 Å². The van der Waals surface area contributed by atoms with Gasteiger partial charge in [0.05, 0.1) is 6.54 Å². The Bertz CT molecular complexity index is 556. The van der Waals surface area contributed by atoms with Crippen LogP contribution in [0.5, 0.6) is 5.75 Å². The number of hydrogen-bond donors (Lipinski definition) is 1. The largest absolute Gasteiger partial charge is 0.491 e. The van der Waals surface area contributed by atoms with Crippen LogP contribution in [0, 0.1) is 6.92 Å². The Morgan fingerprint density at radius 1 is 1.24 bits per heavy atom. The number of nitrogens with one attached hydrogen (secondary N) is 1. The number of nitrogens with zero attached hydrogens (tertiary/aromatic N) is 2. The normalized spacial score (nSPS) is 11.6. The molecule has 1 aromatic heterocycles. The minimum Gasteiger partial charge on any atom is -0.491 e. The van der Waals surface area contributed by atoms with Crippen molar-refractivity contribution in [3.8, 4) is 5.75 Å². The van der Waals surface area contributed by atoms with Crippen molar-refractivity contribution in [3.05, 3.63) is 47.8 Å². The number of hydrogen-bond acceptors (Lipinski definition) is 3. The van der Waals surface area contributed by atoms with Crippen LogP contribution in [-0.4, -0.2) is 21.9 Å². The lowest BCUT2D eigenvalue weighted by Gasteiger charge is -2.22. The van der Waals surface area contributed by atoms with Crippen LogP contribution in [0.4, 0.5) is 0 Å². The number of ether oxygens (including phenoxy) is 1. The monoisotopic (exact) mass is 287 g/mol. The molecule has 1 heterocycles. The molecule has 0 spiro atoms. The van der Waals surface area contributed by atoms with Crippen molar-refractivity contribution in [2.24, 2.45) is 0 Å². The number of rotatable bonds is 6. The van der Waals surface area contributed by atoms with E-state index in [2.05, 4.69) is 56.3 Å². The first-order valence-corrected chi connectivity index (χ1v) is 7.39. The predicted molar refractivity (Wildman–Crippen MR) is 85.5 cm³/mol. The van der Waals surface area contributed by atoms with Crippen LogP contribution in [-0.2, 0) is 13.1 Å². The molecule has 2 aromatic rings. The van der Waals surface area contributed by atoms with Gasteiger partial charge in [0.2, 0.25) is 0 Å². The summed E-state index contributed by atoms with van der Waals surface area (Å²) in [7, 11) is 0. The number of benzene rings is 1. The molecule has 0 radical (unpaired) electrons. The average Bonchev–Trinajstić information content (AvgIpc) is 2.91. The molecule has 0 aliphatic rings. The van der Waals surface area contributed by atoms with Crippen LogP contribution < -0.4 is 10.1 Å². The molecule has 0 aliphatic carbocycles. The van der Waals surface area contributed by atoms with Crippen molar-refractivity contribution in [1.82, 2.24) is 15.1 Å². The van der Waals surface area contributed by atoms with E-state index in [1.54, 1.807) is 6.20 Å². The van der Waals surface area contributed by atoms with E-state index in [0.717, 1.165) is 18.8 Å². The number of para-hydroxylation sites is 1. The maximum absolute atomic E-state index is 6.01. The second-order valence-corrected chi connectivity index (χ2v) is 6.28. The molecular weight excluding hydrogens is 262 g/mol. The minimum absolute atomic E-state index is 0.0933. The Kier molecular flexibility index (Phi) is 5.02. The highest BCUT2D eigenvalue weighted by Crippen LogP contribution is 2.24. The van der Waals surface area contributed by atoms with E-state index >= 15 is 0 Å². The maximum atomic E-state index is 6.01. The second kappa shape index (κ2) is 6.76. The Labute approximate surface area is 127 Å². The third kappa shape index (κ3) is 4.90. The molecule has 4 nitrogen and oxygen atoms in total. The van der Waals surface area contributed by atoms with Gasteiger partial charge in [-0.25, -0.2) is 0 Å². The third-order valence-electron chi connectivity index (χ3n) is 3.23. The molecule has 4 heteroatoms. The molecule has 0 amide bonds. The van der Waals surface area contributed by atoms with Gasteiger partial charge in [0.25, 0.3) is 0 Å². The highest BCUT2D eigenvalue weighted by atomic mass is 16.5. The molecule has 21 heavy (non-hydrogen) atoms. The van der Waals surface area contributed by atoms with Crippen LogP contribution in [0.15, 0.2) is 36.7 Å². The molecule has 0 aliphatic heterocycles. The first kappa shape index (κ1) is 15.6. The van der Waals surface area contributed by atoms with Crippen LogP contribution in [0.2, 0.25) is 0 Å². The van der Waals surface area contributed by atoms with Gasteiger partial charge in [0, 0.05) is 30.0 Å². The molecule has 0 unspecified atom stereocenters. The molecule has 0 atom stereocenters. The van der Waals surface area contributed by atoms with E-state index in [0.29, 0.717) is 6.61 Å². The molecule has 1 N–H and O–H groups in total. The molecular formula is C17H25N3O. The van der Waals surface area contributed by atoms with Gasteiger partial charge in [-0.3, -0.25) is 4.68 Å². The Balaban J connectivity index is 1.99. The van der Waals surface area contributed by atoms with E-state index in [1.165, 1.54) is 11.1 Å². The van der Waals surface area contributed by atoms with E-state index in [4.69, 9.17) is 4.74 Å². The lowest BCUT2D eigenvalue weighted by atomic mass is 10.1. The van der Waals surface area contributed by atoms with Gasteiger partial charge in [-0.1, -0.05) is 18.2 Å². The van der Waals surface area contributed by atoms with Gasteiger partial charge in [0.1, 0.15) is 12.4 Å². The second-order valence-electron chi connectivity index (χ2n) is 6.28. The summed E-state index contributed by atoms with van der Waals surface area (Å²) in [5.74, 6) is 0.987. The lowest BCUT2D eigenvalue weighted by molar-refractivity contribution is 0.285. The third-order valence-corrected chi connectivity index (χ3v) is 3.23. The lowest BCUT2D eigenvalue weighted by Crippen LogP contribution is -2.35. The van der Waals surface area contributed by atoms with Crippen molar-refractivity contribution < 1.29 is 4.74 Å². The van der Waals surface area contributed by atoms with Gasteiger partial charge >= 0.3 is 0 Å². The predicted octanol–water partition coefficient (Wildman–Crippen LogP) is 3.16. The van der Waals surface area contributed by atoms with Gasteiger partial charge in [-0.05, 0) is 39.3 Å². The van der Waals surface area contributed by atoms with E-state index < -0.39 is 0 Å². The van der Waals surface area contributed by atoms with Crippen molar-refractivity contribution in [3.63, 3.8) is 0 Å². The quantitative estimate of drug-likeness (QED) is 0.887. The van der Waals surface area contributed by atoms with E-state index in [1.807, 2.05) is 16.9 Å². The first-order valence-electron chi connectivity index (χ1n) is 7.39.